The Hall–Kier alpha value is -3.06. The lowest BCUT2D eigenvalue weighted by Crippen LogP contribution is -2.57. The molecule has 2 atom stereocenters. The highest BCUT2D eigenvalue weighted by Gasteiger charge is 2.39. The fourth-order valence-corrected chi connectivity index (χ4v) is 6.51. The normalized spacial score (nSPS) is 21.0. The van der Waals surface area contributed by atoms with Crippen molar-refractivity contribution in [1.82, 2.24) is 25.4 Å². The van der Waals surface area contributed by atoms with Crippen LogP contribution in [0.1, 0.15) is 67.1 Å². The number of carbonyl (C=O) groups is 2. The van der Waals surface area contributed by atoms with Crippen molar-refractivity contribution in [1.29, 1.82) is 0 Å². The number of hydrogen-bond donors (Lipinski definition) is 2. The fourth-order valence-electron chi connectivity index (χ4n) is 4.67. The van der Waals surface area contributed by atoms with E-state index in [4.69, 9.17) is 0 Å². The fraction of sp³-hybridized carbons (Fsp3) is 0.522. The molecule has 2 N–H and O–H groups in total. The summed E-state index contributed by atoms with van der Waals surface area (Å²) in [5, 5.41) is 25.2. The Balaban J connectivity index is 1.16. The van der Waals surface area contributed by atoms with Gasteiger partial charge in [-0.1, -0.05) is 35.2 Å². The molecular formula is C23H27FN8O2S2. The van der Waals surface area contributed by atoms with Crippen molar-refractivity contribution < 1.29 is 14.0 Å². The molecule has 1 saturated heterocycles. The molecule has 5 rings (SSSR count). The molecule has 190 valence electrons. The van der Waals surface area contributed by atoms with Crippen LogP contribution in [0.5, 0.6) is 0 Å². The second kappa shape index (κ2) is 10.1. The van der Waals surface area contributed by atoms with E-state index < -0.39 is 5.67 Å². The number of carbonyl (C=O) groups excluding carboxylic acids is 2. The zero-order valence-corrected chi connectivity index (χ0v) is 21.7. The van der Waals surface area contributed by atoms with Crippen LogP contribution < -0.4 is 15.5 Å². The lowest BCUT2D eigenvalue weighted by Gasteiger charge is -2.43. The highest BCUT2D eigenvalue weighted by Crippen LogP contribution is 2.43. The van der Waals surface area contributed by atoms with E-state index in [1.165, 1.54) is 29.6 Å². The Morgan fingerprint density at radius 1 is 1.06 bits per heavy atom. The number of amides is 2. The highest BCUT2D eigenvalue weighted by atomic mass is 32.1. The zero-order chi connectivity index (χ0) is 25.3. The number of alkyl halides is 1. The van der Waals surface area contributed by atoms with Gasteiger partial charge in [-0.2, -0.15) is 0 Å². The Morgan fingerprint density at radius 2 is 1.69 bits per heavy atom. The first-order valence-electron chi connectivity index (χ1n) is 11.9. The first kappa shape index (κ1) is 24.6. The minimum Gasteiger partial charge on any atom is -0.350 e. The summed E-state index contributed by atoms with van der Waals surface area (Å²) in [4.78, 5) is 30.2. The minimum atomic E-state index is -1.18. The average Bonchev–Trinajstić information content (AvgIpc) is 3.47. The van der Waals surface area contributed by atoms with Crippen LogP contribution in [0, 0.1) is 0 Å². The van der Waals surface area contributed by atoms with Crippen LogP contribution in [-0.2, 0) is 16.0 Å². The molecule has 0 aromatic carbocycles. The number of aromatic nitrogens is 5. The number of pyridine rings is 1. The number of anilines is 3. The lowest BCUT2D eigenvalue weighted by molar-refractivity contribution is -0.116. The largest absolute Gasteiger partial charge is 0.350 e. The molecule has 3 aromatic heterocycles. The van der Waals surface area contributed by atoms with Crippen LogP contribution in [0.4, 0.5) is 20.5 Å². The molecule has 0 unspecified atom stereocenters. The van der Waals surface area contributed by atoms with E-state index in [1.807, 2.05) is 17.0 Å². The van der Waals surface area contributed by atoms with Gasteiger partial charge in [0, 0.05) is 18.8 Å². The molecule has 2 fully saturated rings. The van der Waals surface area contributed by atoms with Crippen LogP contribution in [0.25, 0.3) is 0 Å². The van der Waals surface area contributed by atoms with Crippen LogP contribution in [0.2, 0.25) is 0 Å². The summed E-state index contributed by atoms with van der Waals surface area (Å²) in [7, 11) is 0. The van der Waals surface area contributed by atoms with Gasteiger partial charge in [-0.05, 0) is 38.3 Å². The van der Waals surface area contributed by atoms with E-state index in [-0.39, 0.29) is 30.1 Å². The molecule has 10 nitrogen and oxygen atoms in total. The van der Waals surface area contributed by atoms with Crippen LogP contribution in [0.3, 0.4) is 0 Å². The molecular weight excluding hydrogens is 503 g/mol. The molecule has 0 radical (unpaired) electrons. The molecule has 2 amide bonds. The summed E-state index contributed by atoms with van der Waals surface area (Å²) in [6.07, 6.45) is 4.03. The molecule has 1 aliphatic carbocycles. The summed E-state index contributed by atoms with van der Waals surface area (Å²) in [6.45, 7) is 3.64. The maximum absolute atomic E-state index is 13.8. The highest BCUT2D eigenvalue weighted by molar-refractivity contribution is 7.15. The second-order valence-electron chi connectivity index (χ2n) is 9.61. The predicted octanol–water partition coefficient (Wildman–Crippen LogP) is 3.91. The van der Waals surface area contributed by atoms with Crippen molar-refractivity contribution in [3.05, 3.63) is 33.9 Å². The van der Waals surface area contributed by atoms with Gasteiger partial charge in [-0.25, -0.2) is 9.37 Å². The van der Waals surface area contributed by atoms with Crippen molar-refractivity contribution in [2.75, 3.05) is 28.6 Å². The third kappa shape index (κ3) is 5.84. The summed E-state index contributed by atoms with van der Waals surface area (Å²) >= 11 is 2.81. The van der Waals surface area contributed by atoms with Crippen molar-refractivity contribution in [2.24, 2.45) is 0 Å². The molecule has 0 spiro atoms. The number of nitrogens with one attached hydrogen (secondary N) is 2. The monoisotopic (exact) mass is 530 g/mol. The van der Waals surface area contributed by atoms with Gasteiger partial charge < -0.3 is 15.5 Å². The van der Waals surface area contributed by atoms with Gasteiger partial charge in [-0.3, -0.25) is 9.59 Å². The molecule has 1 aliphatic heterocycles. The Kier molecular flexibility index (Phi) is 6.93. The molecule has 4 heterocycles. The van der Waals surface area contributed by atoms with E-state index in [1.54, 1.807) is 13.0 Å². The maximum atomic E-state index is 13.8. The quantitative estimate of drug-likeness (QED) is 0.471. The predicted molar refractivity (Wildman–Crippen MR) is 136 cm³/mol. The van der Waals surface area contributed by atoms with Crippen molar-refractivity contribution in [3.8, 4) is 0 Å². The lowest BCUT2D eigenvalue weighted by atomic mass is 9.82. The van der Waals surface area contributed by atoms with Crippen molar-refractivity contribution >= 4 is 50.6 Å². The first-order chi connectivity index (χ1) is 17.2. The standard InChI is InChI=1S/C23H27FN8O2S2/c1-13(33)25-21-30-28-19(35-21)14-5-3-6-15(9-14)20-29-31-22(36-20)27-18(34)10-16-7-4-8-17(26-16)32-11-23(2,24)12-32/h4,7-8,14-15H,3,5-6,9-12H2,1-2H3,(H,25,30,33)(H,27,31,34)/t14-,15-/m0/s1. The Morgan fingerprint density at radius 3 is 2.31 bits per heavy atom. The van der Waals surface area contributed by atoms with Crippen molar-refractivity contribution in [3.63, 3.8) is 0 Å². The summed E-state index contributed by atoms with van der Waals surface area (Å²) < 4.78 is 13.8. The molecule has 0 bridgehead atoms. The first-order valence-corrected chi connectivity index (χ1v) is 13.5. The van der Waals surface area contributed by atoms with Gasteiger partial charge in [-0.15, -0.1) is 20.4 Å². The SMILES string of the molecule is CC(=O)Nc1nnc([C@H]2CCC[C@H](c3nnc(NC(=O)Cc4cccc(N5CC(C)(F)C5)n4)s3)C2)s1. The number of rotatable bonds is 7. The zero-order valence-electron chi connectivity index (χ0n) is 20.0. The van der Waals surface area contributed by atoms with E-state index in [0.717, 1.165) is 35.7 Å². The molecule has 3 aromatic rings. The molecule has 36 heavy (non-hydrogen) atoms. The smallest absolute Gasteiger partial charge is 0.232 e. The summed E-state index contributed by atoms with van der Waals surface area (Å²) in [6, 6.07) is 5.45. The van der Waals surface area contributed by atoms with E-state index >= 15 is 0 Å². The van der Waals surface area contributed by atoms with Gasteiger partial charge in [0.2, 0.25) is 22.1 Å². The molecule has 2 aliphatic rings. The number of nitrogens with zero attached hydrogens (tertiary/aromatic N) is 6. The summed E-state index contributed by atoms with van der Waals surface area (Å²) in [5.74, 6) is 0.788. The topological polar surface area (TPSA) is 126 Å². The number of hydrogen-bond acceptors (Lipinski definition) is 10. The van der Waals surface area contributed by atoms with Crippen LogP contribution >= 0.6 is 22.7 Å². The second-order valence-corrected chi connectivity index (χ2v) is 11.6. The molecule has 1 saturated carbocycles. The van der Waals surface area contributed by atoms with Crippen LogP contribution in [0.15, 0.2) is 18.2 Å². The van der Waals surface area contributed by atoms with Crippen LogP contribution in [-0.4, -0.2) is 56.0 Å². The van der Waals surface area contributed by atoms with Gasteiger partial charge >= 0.3 is 0 Å². The Bertz CT molecular complexity index is 1250. The third-order valence-corrected chi connectivity index (χ3v) is 8.28. The van der Waals surface area contributed by atoms with E-state index in [2.05, 4.69) is 36.0 Å². The third-order valence-electron chi connectivity index (χ3n) is 6.28. The Labute approximate surface area is 215 Å². The van der Waals surface area contributed by atoms with Crippen molar-refractivity contribution in [2.45, 2.75) is 63.5 Å². The molecule has 13 heteroatoms. The van der Waals surface area contributed by atoms with Gasteiger partial charge in [0.1, 0.15) is 21.5 Å². The van der Waals surface area contributed by atoms with E-state index in [9.17, 15) is 14.0 Å². The van der Waals surface area contributed by atoms with E-state index in [0.29, 0.717) is 34.9 Å². The van der Waals surface area contributed by atoms with Gasteiger partial charge in [0.05, 0.1) is 25.2 Å². The van der Waals surface area contributed by atoms with Gasteiger partial charge in [0.25, 0.3) is 0 Å². The minimum absolute atomic E-state index is 0.0999. The van der Waals surface area contributed by atoms with Gasteiger partial charge in [0.15, 0.2) is 0 Å². The summed E-state index contributed by atoms with van der Waals surface area (Å²) in [5.41, 5.74) is -0.566. The number of halogens is 1. The average molecular weight is 531 g/mol. The maximum Gasteiger partial charge on any atom is 0.232 e.